The highest BCUT2D eigenvalue weighted by atomic mass is 35.5. The van der Waals surface area contributed by atoms with Crippen LogP contribution >= 0.6 is 23.2 Å². The summed E-state index contributed by atoms with van der Waals surface area (Å²) in [5, 5.41) is 3.77. The molecular formula is C20H18Cl2N2O3. The first-order chi connectivity index (χ1) is 12.9. The minimum atomic E-state index is -0.523. The quantitative estimate of drug-likeness (QED) is 0.745. The van der Waals surface area contributed by atoms with Crippen molar-refractivity contribution >= 4 is 52.5 Å². The van der Waals surface area contributed by atoms with E-state index >= 15 is 0 Å². The van der Waals surface area contributed by atoms with Gasteiger partial charge in [-0.05, 0) is 55.8 Å². The third-order valence-corrected chi connectivity index (χ3v) is 4.69. The molecule has 27 heavy (non-hydrogen) atoms. The first-order valence-corrected chi connectivity index (χ1v) is 9.21. The lowest BCUT2D eigenvalue weighted by atomic mass is 10.1. The van der Waals surface area contributed by atoms with Gasteiger partial charge in [0.2, 0.25) is 5.91 Å². The van der Waals surface area contributed by atoms with Crippen LogP contribution in [0.5, 0.6) is 5.75 Å². The van der Waals surface area contributed by atoms with Crippen LogP contribution in [0.2, 0.25) is 10.0 Å². The van der Waals surface area contributed by atoms with Crippen LogP contribution in [0.3, 0.4) is 0 Å². The van der Waals surface area contributed by atoms with Crippen molar-refractivity contribution in [2.24, 2.45) is 0 Å². The second-order valence-corrected chi connectivity index (χ2v) is 6.86. The molecule has 0 radical (unpaired) electrons. The summed E-state index contributed by atoms with van der Waals surface area (Å²) < 4.78 is 5.62. The first kappa shape index (κ1) is 19.3. The Hall–Kier alpha value is -2.50. The fraction of sp³-hybridized carbons (Fsp3) is 0.200. The summed E-state index contributed by atoms with van der Waals surface area (Å²) in [6.45, 7) is 4.13. The van der Waals surface area contributed by atoms with Crippen LogP contribution in [0.15, 0.2) is 42.5 Å². The normalized spacial score (nSPS) is 16.2. The summed E-state index contributed by atoms with van der Waals surface area (Å²) in [6, 6.07) is 10.3. The van der Waals surface area contributed by atoms with Crippen molar-refractivity contribution in [3.05, 3.63) is 58.1 Å². The summed E-state index contributed by atoms with van der Waals surface area (Å²) in [7, 11) is 0. The van der Waals surface area contributed by atoms with Crippen LogP contribution < -0.4 is 15.0 Å². The Balaban J connectivity index is 1.76. The van der Waals surface area contributed by atoms with Crippen LogP contribution in [-0.2, 0) is 9.59 Å². The highest BCUT2D eigenvalue weighted by Crippen LogP contribution is 2.36. The van der Waals surface area contributed by atoms with Crippen molar-refractivity contribution < 1.29 is 14.3 Å². The molecule has 0 saturated carbocycles. The average Bonchev–Trinajstić information content (AvgIpc) is 2.62. The molecule has 2 aromatic carbocycles. The SMILES string of the molecule is CCN1C(=O)C(C)Oc2ccc(NC(=O)/C=C/c3ccc(Cl)cc3Cl)cc21. The zero-order valence-corrected chi connectivity index (χ0v) is 16.3. The van der Waals surface area contributed by atoms with Crippen molar-refractivity contribution in [1.82, 2.24) is 0 Å². The zero-order valence-electron chi connectivity index (χ0n) is 14.8. The topological polar surface area (TPSA) is 58.6 Å². The number of carbonyl (C=O) groups is 2. The van der Waals surface area contributed by atoms with E-state index in [1.54, 1.807) is 54.3 Å². The van der Waals surface area contributed by atoms with E-state index in [4.69, 9.17) is 27.9 Å². The van der Waals surface area contributed by atoms with E-state index in [0.717, 1.165) is 0 Å². The highest BCUT2D eigenvalue weighted by Gasteiger charge is 2.30. The number of fused-ring (bicyclic) bond motifs is 1. The zero-order chi connectivity index (χ0) is 19.6. The minimum Gasteiger partial charge on any atom is -0.479 e. The number of hydrogen-bond donors (Lipinski definition) is 1. The van der Waals surface area contributed by atoms with Crippen LogP contribution in [0.4, 0.5) is 11.4 Å². The number of hydrogen-bond acceptors (Lipinski definition) is 3. The third kappa shape index (κ3) is 4.26. The number of nitrogens with zero attached hydrogens (tertiary/aromatic N) is 1. The average molecular weight is 405 g/mol. The number of amides is 2. The number of halogens is 2. The first-order valence-electron chi connectivity index (χ1n) is 8.45. The monoisotopic (exact) mass is 404 g/mol. The summed E-state index contributed by atoms with van der Waals surface area (Å²) in [6.07, 6.45) is 2.47. The van der Waals surface area contributed by atoms with Gasteiger partial charge in [-0.15, -0.1) is 0 Å². The van der Waals surface area contributed by atoms with Gasteiger partial charge in [-0.3, -0.25) is 9.59 Å². The van der Waals surface area contributed by atoms with Gasteiger partial charge in [0.25, 0.3) is 5.91 Å². The maximum absolute atomic E-state index is 12.2. The molecule has 3 rings (SSSR count). The van der Waals surface area contributed by atoms with E-state index in [0.29, 0.717) is 39.3 Å². The molecule has 2 aromatic rings. The molecule has 0 aliphatic carbocycles. The van der Waals surface area contributed by atoms with Crippen molar-refractivity contribution in [3.63, 3.8) is 0 Å². The van der Waals surface area contributed by atoms with Crippen molar-refractivity contribution in [1.29, 1.82) is 0 Å². The van der Waals surface area contributed by atoms with E-state index in [1.165, 1.54) is 6.08 Å². The lowest BCUT2D eigenvalue weighted by Gasteiger charge is -2.32. The summed E-state index contributed by atoms with van der Waals surface area (Å²) >= 11 is 12.0. The Morgan fingerprint density at radius 2 is 2.04 bits per heavy atom. The van der Waals surface area contributed by atoms with E-state index < -0.39 is 6.10 Å². The maximum Gasteiger partial charge on any atom is 0.267 e. The van der Waals surface area contributed by atoms with Gasteiger partial charge in [0.1, 0.15) is 5.75 Å². The van der Waals surface area contributed by atoms with Crippen molar-refractivity contribution in [2.45, 2.75) is 20.0 Å². The van der Waals surface area contributed by atoms with Crippen molar-refractivity contribution in [2.75, 3.05) is 16.8 Å². The van der Waals surface area contributed by atoms with Gasteiger partial charge in [0, 0.05) is 28.4 Å². The molecule has 0 spiro atoms. The Labute approximate surface area is 167 Å². The van der Waals surface area contributed by atoms with Gasteiger partial charge < -0.3 is 15.0 Å². The molecule has 1 aliphatic rings. The number of carbonyl (C=O) groups excluding carboxylic acids is 2. The van der Waals surface area contributed by atoms with Crippen LogP contribution in [0.1, 0.15) is 19.4 Å². The molecule has 1 heterocycles. The Kier molecular flexibility index (Phi) is 5.73. The van der Waals surface area contributed by atoms with Crippen LogP contribution in [0, 0.1) is 0 Å². The molecule has 1 N–H and O–H groups in total. The Bertz CT molecular complexity index is 927. The van der Waals surface area contributed by atoms with Crippen LogP contribution in [0.25, 0.3) is 6.08 Å². The largest absolute Gasteiger partial charge is 0.479 e. The second-order valence-electron chi connectivity index (χ2n) is 6.01. The molecule has 1 atom stereocenters. The molecule has 140 valence electrons. The molecular weight excluding hydrogens is 387 g/mol. The summed E-state index contributed by atoms with van der Waals surface area (Å²) in [5.41, 5.74) is 1.89. The Morgan fingerprint density at radius 1 is 1.26 bits per heavy atom. The van der Waals surface area contributed by atoms with E-state index in [1.807, 2.05) is 6.92 Å². The lowest BCUT2D eigenvalue weighted by Crippen LogP contribution is -2.44. The van der Waals surface area contributed by atoms with E-state index in [9.17, 15) is 9.59 Å². The smallest absolute Gasteiger partial charge is 0.267 e. The Morgan fingerprint density at radius 3 is 2.74 bits per heavy atom. The number of anilines is 2. The molecule has 0 aromatic heterocycles. The number of likely N-dealkylation sites (N-methyl/N-ethyl adjacent to an activating group) is 1. The molecule has 1 aliphatic heterocycles. The van der Waals surface area contributed by atoms with Crippen molar-refractivity contribution in [3.8, 4) is 5.75 Å². The van der Waals surface area contributed by atoms with E-state index in [-0.39, 0.29) is 11.8 Å². The minimum absolute atomic E-state index is 0.106. The van der Waals surface area contributed by atoms with Gasteiger partial charge in [0.05, 0.1) is 5.69 Å². The van der Waals surface area contributed by atoms with Gasteiger partial charge >= 0.3 is 0 Å². The highest BCUT2D eigenvalue weighted by molar-refractivity contribution is 6.35. The standard InChI is InChI=1S/C20H18Cl2N2O3/c1-3-24-17-11-15(7-8-18(17)27-12(2)20(24)26)23-19(25)9-5-13-4-6-14(21)10-16(13)22/h4-12H,3H2,1-2H3,(H,23,25)/b9-5+. The number of rotatable bonds is 4. The lowest BCUT2D eigenvalue weighted by molar-refractivity contribution is -0.125. The van der Waals surface area contributed by atoms with E-state index in [2.05, 4.69) is 5.32 Å². The fourth-order valence-corrected chi connectivity index (χ4v) is 3.27. The molecule has 0 fully saturated rings. The van der Waals surface area contributed by atoms with Gasteiger partial charge in [-0.25, -0.2) is 0 Å². The molecule has 2 amide bonds. The van der Waals surface area contributed by atoms with Gasteiger partial charge in [0.15, 0.2) is 6.10 Å². The molecule has 7 heteroatoms. The predicted molar refractivity (Wildman–Crippen MR) is 109 cm³/mol. The van der Waals surface area contributed by atoms with Gasteiger partial charge in [-0.1, -0.05) is 29.3 Å². The molecule has 0 saturated heterocycles. The third-order valence-electron chi connectivity index (χ3n) is 4.13. The molecule has 0 bridgehead atoms. The van der Waals surface area contributed by atoms with Crippen LogP contribution in [-0.4, -0.2) is 24.5 Å². The fourth-order valence-electron chi connectivity index (χ4n) is 2.80. The maximum atomic E-state index is 12.2. The predicted octanol–water partition coefficient (Wildman–Crippen LogP) is 4.78. The number of ether oxygens (including phenoxy) is 1. The molecule has 1 unspecified atom stereocenters. The number of nitrogens with one attached hydrogen (secondary N) is 1. The van der Waals surface area contributed by atoms with Gasteiger partial charge in [-0.2, -0.15) is 0 Å². The second kappa shape index (κ2) is 8.03. The summed E-state index contributed by atoms with van der Waals surface area (Å²) in [5.74, 6) is 0.191. The summed E-state index contributed by atoms with van der Waals surface area (Å²) in [4.78, 5) is 26.1. The molecule has 5 nitrogen and oxygen atoms in total. The number of benzene rings is 2.